The Hall–Kier alpha value is -3.33. The van der Waals surface area contributed by atoms with Gasteiger partial charge in [0.2, 0.25) is 5.75 Å². The number of benzene rings is 2. The van der Waals surface area contributed by atoms with E-state index in [4.69, 9.17) is 18.9 Å². The van der Waals surface area contributed by atoms with E-state index in [2.05, 4.69) is 10.3 Å². The van der Waals surface area contributed by atoms with Crippen LogP contribution in [0.2, 0.25) is 0 Å². The number of carbonyl (C=O) groups is 2. The summed E-state index contributed by atoms with van der Waals surface area (Å²) >= 11 is 1.26. The molecule has 3 aromatic rings. The Labute approximate surface area is 184 Å². The van der Waals surface area contributed by atoms with Crippen molar-refractivity contribution in [3.8, 4) is 17.2 Å². The lowest BCUT2D eigenvalue weighted by atomic mass is 10.1. The van der Waals surface area contributed by atoms with Crippen molar-refractivity contribution in [2.75, 3.05) is 32.2 Å². The molecule has 1 heterocycles. The Bertz CT molecular complexity index is 1070. The molecule has 0 radical (unpaired) electrons. The average Bonchev–Trinajstić information content (AvgIpc) is 3.16. The van der Waals surface area contributed by atoms with E-state index in [0.29, 0.717) is 58.8 Å². The Morgan fingerprint density at radius 2 is 1.58 bits per heavy atom. The van der Waals surface area contributed by atoms with E-state index in [-0.39, 0.29) is 5.91 Å². The summed E-state index contributed by atoms with van der Waals surface area (Å²) in [6, 6.07) is 8.27. The molecule has 0 aliphatic rings. The Kier molecular flexibility index (Phi) is 7.30. The predicted molar refractivity (Wildman–Crippen MR) is 119 cm³/mol. The third-order valence-electron chi connectivity index (χ3n) is 4.20. The summed E-state index contributed by atoms with van der Waals surface area (Å²) in [6.07, 6.45) is 0. The number of fused-ring (bicyclic) bond motifs is 1. The van der Waals surface area contributed by atoms with Crippen LogP contribution in [-0.2, 0) is 4.74 Å². The Balaban J connectivity index is 1.90. The number of nitrogens with zero attached hydrogens (tertiary/aromatic N) is 1. The summed E-state index contributed by atoms with van der Waals surface area (Å²) in [5.74, 6) is 0.553. The summed E-state index contributed by atoms with van der Waals surface area (Å²) < 4.78 is 22.5. The largest absolute Gasteiger partial charge is 0.490 e. The van der Waals surface area contributed by atoms with Crippen molar-refractivity contribution in [3.63, 3.8) is 0 Å². The van der Waals surface area contributed by atoms with Crippen molar-refractivity contribution in [2.45, 2.75) is 20.8 Å². The van der Waals surface area contributed by atoms with Crippen LogP contribution in [0.5, 0.6) is 17.2 Å². The molecule has 1 N–H and O–H groups in total. The number of hydrogen-bond donors (Lipinski definition) is 1. The topological polar surface area (TPSA) is 96.0 Å². The lowest BCUT2D eigenvalue weighted by Crippen LogP contribution is -2.13. The van der Waals surface area contributed by atoms with E-state index in [1.54, 1.807) is 30.3 Å². The molecular weight excluding hydrogens is 420 g/mol. The van der Waals surface area contributed by atoms with Gasteiger partial charge in [-0.05, 0) is 51.1 Å². The SMILES string of the molecule is CCOc1cc(C(=O)Nc2nc3ccc(C(=O)OC)cc3s2)cc(OCC)c1OCC. The quantitative estimate of drug-likeness (QED) is 0.484. The summed E-state index contributed by atoms with van der Waals surface area (Å²) in [6.45, 7) is 6.84. The molecule has 0 saturated heterocycles. The number of aromatic nitrogens is 1. The van der Waals surface area contributed by atoms with Gasteiger partial charge >= 0.3 is 5.97 Å². The molecule has 0 spiro atoms. The van der Waals surface area contributed by atoms with Gasteiger partial charge in [0.15, 0.2) is 16.6 Å². The zero-order valence-electron chi connectivity index (χ0n) is 17.8. The summed E-state index contributed by atoms with van der Waals surface area (Å²) in [7, 11) is 1.33. The van der Waals surface area contributed by atoms with E-state index in [9.17, 15) is 9.59 Å². The number of anilines is 1. The van der Waals surface area contributed by atoms with Crippen LogP contribution in [0.1, 0.15) is 41.5 Å². The number of thiazole rings is 1. The highest BCUT2D eigenvalue weighted by Crippen LogP contribution is 2.39. The van der Waals surface area contributed by atoms with Gasteiger partial charge in [-0.1, -0.05) is 11.3 Å². The first-order valence-corrected chi connectivity index (χ1v) is 10.7. The van der Waals surface area contributed by atoms with Gasteiger partial charge in [0.1, 0.15) is 0 Å². The van der Waals surface area contributed by atoms with E-state index in [0.717, 1.165) is 4.70 Å². The molecule has 0 fully saturated rings. The highest BCUT2D eigenvalue weighted by molar-refractivity contribution is 7.22. The molecule has 0 saturated carbocycles. The fraction of sp³-hybridized carbons (Fsp3) is 0.318. The minimum absolute atomic E-state index is 0.352. The minimum Gasteiger partial charge on any atom is -0.490 e. The molecule has 0 bridgehead atoms. The lowest BCUT2D eigenvalue weighted by molar-refractivity contribution is 0.0601. The summed E-state index contributed by atoms with van der Waals surface area (Å²) in [5.41, 5.74) is 1.44. The monoisotopic (exact) mass is 444 g/mol. The van der Waals surface area contributed by atoms with Crippen LogP contribution >= 0.6 is 11.3 Å². The van der Waals surface area contributed by atoms with Crippen molar-refractivity contribution >= 4 is 38.6 Å². The van der Waals surface area contributed by atoms with E-state index in [1.165, 1.54) is 18.4 Å². The average molecular weight is 445 g/mol. The maximum Gasteiger partial charge on any atom is 0.337 e. The van der Waals surface area contributed by atoms with E-state index in [1.807, 2.05) is 20.8 Å². The maximum atomic E-state index is 12.9. The molecule has 31 heavy (non-hydrogen) atoms. The van der Waals surface area contributed by atoms with Crippen molar-refractivity contribution in [1.29, 1.82) is 0 Å². The number of carbonyl (C=O) groups excluding carboxylic acids is 2. The zero-order chi connectivity index (χ0) is 22.4. The number of hydrogen-bond acceptors (Lipinski definition) is 8. The van der Waals surface area contributed by atoms with Gasteiger partial charge in [0, 0.05) is 5.56 Å². The van der Waals surface area contributed by atoms with Crippen molar-refractivity contribution in [1.82, 2.24) is 4.98 Å². The van der Waals surface area contributed by atoms with E-state index < -0.39 is 5.97 Å². The second-order valence-corrected chi connectivity index (χ2v) is 7.28. The van der Waals surface area contributed by atoms with Gasteiger partial charge in [0.25, 0.3) is 5.91 Å². The first-order valence-electron chi connectivity index (χ1n) is 9.87. The third-order valence-corrected chi connectivity index (χ3v) is 5.13. The maximum absolute atomic E-state index is 12.9. The van der Waals surface area contributed by atoms with Gasteiger partial charge in [-0.2, -0.15) is 0 Å². The standard InChI is InChI=1S/C22H24N2O6S/c1-5-28-16-10-14(11-17(29-6-2)19(16)30-7-3)20(25)24-22-23-15-9-8-13(21(26)27-4)12-18(15)31-22/h8-12H,5-7H2,1-4H3,(H,23,24,25). The smallest absolute Gasteiger partial charge is 0.337 e. The fourth-order valence-corrected chi connectivity index (χ4v) is 3.81. The Morgan fingerprint density at radius 1 is 0.935 bits per heavy atom. The molecular formula is C22H24N2O6S. The van der Waals surface area contributed by atoms with Crippen LogP contribution in [0.15, 0.2) is 30.3 Å². The number of methoxy groups -OCH3 is 1. The summed E-state index contributed by atoms with van der Waals surface area (Å²) in [4.78, 5) is 29.1. The number of esters is 1. The van der Waals surface area contributed by atoms with Crippen molar-refractivity contribution in [2.24, 2.45) is 0 Å². The van der Waals surface area contributed by atoms with Crippen LogP contribution in [0.4, 0.5) is 5.13 Å². The molecule has 3 rings (SSSR count). The molecule has 9 heteroatoms. The van der Waals surface area contributed by atoms with Gasteiger partial charge in [-0.15, -0.1) is 0 Å². The highest BCUT2D eigenvalue weighted by Gasteiger charge is 2.19. The normalized spacial score (nSPS) is 10.6. The van der Waals surface area contributed by atoms with Gasteiger partial charge in [-0.3, -0.25) is 10.1 Å². The predicted octanol–water partition coefficient (Wildman–Crippen LogP) is 4.53. The van der Waals surface area contributed by atoms with Crippen LogP contribution in [-0.4, -0.2) is 43.8 Å². The van der Waals surface area contributed by atoms with Crippen molar-refractivity contribution < 1.29 is 28.5 Å². The van der Waals surface area contributed by atoms with Crippen LogP contribution in [0.25, 0.3) is 10.2 Å². The molecule has 2 aromatic carbocycles. The van der Waals surface area contributed by atoms with Crippen molar-refractivity contribution in [3.05, 3.63) is 41.5 Å². The molecule has 0 aliphatic carbocycles. The molecule has 8 nitrogen and oxygen atoms in total. The fourth-order valence-electron chi connectivity index (χ4n) is 2.91. The number of amides is 1. The molecule has 164 valence electrons. The van der Waals surface area contributed by atoms with E-state index >= 15 is 0 Å². The zero-order valence-corrected chi connectivity index (χ0v) is 18.6. The molecule has 0 unspecified atom stereocenters. The van der Waals surface area contributed by atoms with Crippen LogP contribution < -0.4 is 19.5 Å². The lowest BCUT2D eigenvalue weighted by Gasteiger charge is -2.16. The molecule has 1 aromatic heterocycles. The molecule has 1 amide bonds. The number of nitrogens with one attached hydrogen (secondary N) is 1. The van der Waals surface area contributed by atoms with Gasteiger partial charge in [0.05, 0.1) is 42.7 Å². The third kappa shape index (κ3) is 5.05. The first kappa shape index (κ1) is 22.4. The first-order chi connectivity index (χ1) is 15.0. The summed E-state index contributed by atoms with van der Waals surface area (Å²) in [5, 5.41) is 3.21. The number of rotatable bonds is 9. The van der Waals surface area contributed by atoms with Crippen LogP contribution in [0.3, 0.4) is 0 Å². The molecule has 0 aliphatic heterocycles. The second kappa shape index (κ2) is 10.1. The number of ether oxygens (including phenoxy) is 4. The minimum atomic E-state index is -0.429. The van der Waals surface area contributed by atoms with Crippen LogP contribution in [0, 0.1) is 0 Å². The highest BCUT2D eigenvalue weighted by atomic mass is 32.1. The Morgan fingerprint density at radius 3 is 2.16 bits per heavy atom. The molecule has 0 atom stereocenters. The van der Waals surface area contributed by atoms with Gasteiger partial charge in [-0.25, -0.2) is 9.78 Å². The second-order valence-electron chi connectivity index (χ2n) is 6.25. The van der Waals surface area contributed by atoms with Gasteiger partial charge < -0.3 is 18.9 Å².